The molecule has 0 aliphatic heterocycles. The summed E-state index contributed by atoms with van der Waals surface area (Å²) in [5, 5.41) is 2.58. The topological polar surface area (TPSA) is 9.23 Å². The molecule has 0 saturated heterocycles. The third kappa shape index (κ3) is 6.65. The summed E-state index contributed by atoms with van der Waals surface area (Å²) >= 11 is 1.74. The fraction of sp³-hybridized carbons (Fsp3) is 0.259. The first-order valence-electron chi connectivity index (χ1n) is 10.2. The molecular formula is C27H32OSiZr. The van der Waals surface area contributed by atoms with Crippen LogP contribution in [0.5, 0.6) is 5.75 Å². The number of hydrogen-bond acceptors (Lipinski definition) is 1. The molecule has 0 spiro atoms. The molecule has 0 atom stereocenters. The van der Waals surface area contributed by atoms with E-state index in [4.69, 9.17) is 4.74 Å². The van der Waals surface area contributed by atoms with Crippen molar-refractivity contribution in [3.8, 4) is 16.9 Å². The van der Waals surface area contributed by atoms with Crippen LogP contribution in [-0.2, 0) is 23.3 Å². The molecule has 0 aliphatic rings. The first-order valence-corrected chi connectivity index (χ1v) is 16.4. The largest absolute Gasteiger partial charge is 0.196 e. The van der Waals surface area contributed by atoms with Crippen molar-refractivity contribution in [2.75, 3.05) is 7.11 Å². The molecular weight excluding hydrogens is 460 g/mol. The van der Waals surface area contributed by atoms with E-state index in [2.05, 4.69) is 95.4 Å². The van der Waals surface area contributed by atoms with E-state index in [-0.39, 0.29) is 5.43 Å². The zero-order chi connectivity index (χ0) is 22.3. The molecule has 1 nitrogen and oxygen atoms in total. The predicted molar refractivity (Wildman–Crippen MR) is 130 cm³/mol. The monoisotopic (exact) mass is 490 g/mol. The van der Waals surface area contributed by atoms with Crippen LogP contribution < -0.4 is 4.74 Å². The van der Waals surface area contributed by atoms with Gasteiger partial charge in [0.25, 0.3) is 0 Å². The molecule has 154 valence electrons. The van der Waals surface area contributed by atoms with E-state index in [1.165, 1.54) is 44.2 Å². The molecule has 0 bridgehead atoms. The van der Waals surface area contributed by atoms with E-state index in [1.807, 2.05) is 12.1 Å². The molecule has 0 aliphatic carbocycles. The second-order valence-corrected chi connectivity index (χ2v) is 17.2. The van der Waals surface area contributed by atoms with Gasteiger partial charge in [0.05, 0.1) is 7.11 Å². The van der Waals surface area contributed by atoms with Crippen LogP contribution in [0.2, 0.25) is 13.1 Å². The van der Waals surface area contributed by atoms with Crippen LogP contribution in [0.1, 0.15) is 22.3 Å². The number of rotatable bonds is 2. The second kappa shape index (κ2) is 11.6. The number of benzene rings is 2. The minimum atomic E-state index is 0.210. The van der Waals surface area contributed by atoms with E-state index in [0.717, 1.165) is 5.75 Å². The van der Waals surface area contributed by atoms with Gasteiger partial charge in [-0.3, -0.25) is 0 Å². The summed E-state index contributed by atoms with van der Waals surface area (Å²) in [5.41, 5.74) is 8.42. The molecule has 0 amide bonds. The Morgan fingerprint density at radius 1 is 0.867 bits per heavy atom. The molecule has 4 aromatic rings. The van der Waals surface area contributed by atoms with Gasteiger partial charge in [-0.1, -0.05) is 51.5 Å². The fourth-order valence-electron chi connectivity index (χ4n) is 3.33. The van der Waals surface area contributed by atoms with Gasteiger partial charge in [0, 0.05) is 0 Å². The molecule has 4 aromatic carbocycles. The maximum atomic E-state index is 5.26. The van der Waals surface area contributed by atoms with Crippen LogP contribution in [0.25, 0.3) is 21.9 Å². The Balaban J connectivity index is 0.000000207. The minimum absolute atomic E-state index is 0.210. The van der Waals surface area contributed by atoms with E-state index < -0.39 is 0 Å². The fourth-order valence-corrected chi connectivity index (χ4v) is 3.33. The number of hydrogen-bond donors (Lipinski definition) is 0. The zero-order valence-electron chi connectivity index (χ0n) is 19.3. The Morgan fingerprint density at radius 2 is 1.47 bits per heavy atom. The SMILES string of the molecule is COc1cccc(-c2c[cH-]c3ccccc23)c1.C[Si](C)=[Zr+2].Cc1[cH-]c(C)c(C)c1C. The molecule has 0 aromatic heterocycles. The Kier molecular flexibility index (Phi) is 9.52. The number of ether oxygens (including phenoxy) is 1. The normalized spacial score (nSPS) is 10.0. The standard InChI is InChI=1S/C16H13O.C9H13.C2H6Si.Zr/c1-17-14-7-4-6-13(11-14)16-10-9-12-5-2-3-8-15(12)16;1-6-5-7(2)9(4)8(6)3;1-3-2;/h2-11H,1H3;5H,1-4H3;1-2H3;/q2*-1;;+2. The third-order valence-electron chi connectivity index (χ3n) is 5.24. The summed E-state index contributed by atoms with van der Waals surface area (Å²) in [4.78, 5) is 0. The van der Waals surface area contributed by atoms with Gasteiger partial charge >= 0.3 is 41.9 Å². The van der Waals surface area contributed by atoms with Crippen molar-refractivity contribution >= 4 is 16.2 Å². The van der Waals surface area contributed by atoms with Crippen LogP contribution >= 0.6 is 0 Å². The number of aryl methyl sites for hydroxylation is 2. The summed E-state index contributed by atoms with van der Waals surface area (Å²) in [6, 6.07) is 23.2. The number of methoxy groups -OCH3 is 1. The van der Waals surface area contributed by atoms with Crippen LogP contribution in [0.15, 0.2) is 66.7 Å². The molecule has 0 N–H and O–H groups in total. The van der Waals surface area contributed by atoms with Gasteiger partial charge in [-0.25, -0.2) is 0 Å². The molecule has 4 rings (SSSR count). The van der Waals surface area contributed by atoms with Crippen molar-refractivity contribution in [2.45, 2.75) is 40.8 Å². The van der Waals surface area contributed by atoms with Gasteiger partial charge < -0.3 is 4.74 Å². The molecule has 0 heterocycles. The maximum Gasteiger partial charge on any atom is -0.0632 e. The van der Waals surface area contributed by atoms with Crippen molar-refractivity contribution in [1.29, 1.82) is 0 Å². The first kappa shape index (κ1) is 24.6. The average Bonchev–Trinajstić information content (AvgIpc) is 3.25. The molecule has 0 saturated carbocycles. The second-order valence-electron chi connectivity index (χ2n) is 7.83. The first-order chi connectivity index (χ1) is 14.2. The van der Waals surface area contributed by atoms with Crippen LogP contribution in [0.4, 0.5) is 0 Å². The summed E-state index contributed by atoms with van der Waals surface area (Å²) in [5.74, 6) is 0.896. The van der Waals surface area contributed by atoms with E-state index in [0.29, 0.717) is 0 Å². The van der Waals surface area contributed by atoms with Gasteiger partial charge in [0.15, 0.2) is 0 Å². The van der Waals surface area contributed by atoms with Gasteiger partial charge in [-0.15, -0.1) is 46.7 Å². The summed E-state index contributed by atoms with van der Waals surface area (Å²) < 4.78 is 5.26. The third-order valence-corrected chi connectivity index (χ3v) is 5.24. The van der Waals surface area contributed by atoms with E-state index in [9.17, 15) is 0 Å². The minimum Gasteiger partial charge on any atom is -0.196 e. The molecule has 0 unspecified atom stereocenters. The van der Waals surface area contributed by atoms with Gasteiger partial charge in [0.2, 0.25) is 0 Å². The Hall–Kier alpha value is -1.70. The summed E-state index contributed by atoms with van der Waals surface area (Å²) in [7, 11) is 1.70. The van der Waals surface area contributed by atoms with Crippen molar-refractivity contribution in [1.82, 2.24) is 0 Å². The summed E-state index contributed by atoms with van der Waals surface area (Å²) in [6.07, 6.45) is 0. The quantitative estimate of drug-likeness (QED) is 0.207. The van der Waals surface area contributed by atoms with Crippen LogP contribution in [0.3, 0.4) is 0 Å². The molecule has 0 radical (unpaired) electrons. The Labute approximate surface area is 197 Å². The number of fused-ring (bicyclic) bond motifs is 1. The Morgan fingerprint density at radius 3 is 2.00 bits per heavy atom. The Bertz CT molecular complexity index is 1090. The van der Waals surface area contributed by atoms with Crippen molar-refractivity contribution in [3.63, 3.8) is 0 Å². The maximum absolute atomic E-state index is 5.26. The molecule has 30 heavy (non-hydrogen) atoms. The van der Waals surface area contributed by atoms with Crippen molar-refractivity contribution in [2.24, 2.45) is 0 Å². The predicted octanol–water partition coefficient (Wildman–Crippen LogP) is 7.66. The van der Waals surface area contributed by atoms with Gasteiger partial charge in [-0.2, -0.15) is 28.3 Å². The zero-order valence-corrected chi connectivity index (χ0v) is 22.7. The van der Waals surface area contributed by atoms with Crippen molar-refractivity contribution < 1.29 is 28.1 Å². The van der Waals surface area contributed by atoms with Crippen LogP contribution in [-0.4, -0.2) is 12.5 Å². The molecule has 3 heteroatoms. The smallest absolute Gasteiger partial charge is 0.0632 e. The van der Waals surface area contributed by atoms with Crippen molar-refractivity contribution in [3.05, 3.63) is 89.0 Å². The average molecular weight is 492 g/mol. The van der Waals surface area contributed by atoms with Gasteiger partial charge in [-0.05, 0) is 12.1 Å². The van der Waals surface area contributed by atoms with Crippen LogP contribution in [0, 0.1) is 27.7 Å². The molecule has 0 fully saturated rings. The summed E-state index contributed by atoms with van der Waals surface area (Å²) in [6.45, 7) is 13.3. The van der Waals surface area contributed by atoms with Gasteiger partial charge in [0.1, 0.15) is 5.75 Å². The van der Waals surface area contributed by atoms with E-state index >= 15 is 0 Å². The van der Waals surface area contributed by atoms with E-state index in [1.54, 1.807) is 30.4 Å².